The maximum Gasteiger partial charge on any atom is 0.137 e. The number of nitrogens with zero attached hydrogens (tertiary/aromatic N) is 3. The number of fused-ring (bicyclic) bond motifs is 2. The molecule has 0 saturated carbocycles. The van der Waals surface area contributed by atoms with Crippen molar-refractivity contribution in [1.82, 2.24) is 9.97 Å². The van der Waals surface area contributed by atoms with Crippen molar-refractivity contribution in [3.8, 4) is 0 Å². The summed E-state index contributed by atoms with van der Waals surface area (Å²) in [5.74, 6) is 2.82. The molecule has 110 valence electrons. The van der Waals surface area contributed by atoms with Crippen molar-refractivity contribution in [3.05, 3.63) is 11.4 Å². The Hall–Kier alpha value is -1.36. The van der Waals surface area contributed by atoms with Gasteiger partial charge in [0.25, 0.3) is 0 Å². The highest BCUT2D eigenvalue weighted by atomic mass is 16.3. The van der Waals surface area contributed by atoms with Gasteiger partial charge in [0, 0.05) is 24.2 Å². The zero-order valence-corrected chi connectivity index (χ0v) is 12.6. The Morgan fingerprint density at radius 1 is 1.20 bits per heavy atom. The van der Waals surface area contributed by atoms with Crippen LogP contribution in [0.4, 0.5) is 11.6 Å². The topological polar surface area (TPSA) is 61.3 Å². The van der Waals surface area contributed by atoms with Gasteiger partial charge in [0.15, 0.2) is 0 Å². The van der Waals surface area contributed by atoms with Gasteiger partial charge in [-0.05, 0) is 46.5 Å². The molecule has 0 aliphatic carbocycles. The van der Waals surface area contributed by atoms with Crippen molar-refractivity contribution >= 4 is 11.6 Å². The highest BCUT2D eigenvalue weighted by Gasteiger charge is 2.41. The van der Waals surface area contributed by atoms with Crippen LogP contribution < -0.4 is 10.2 Å². The molecule has 0 aromatic carbocycles. The number of rotatable bonds is 3. The highest BCUT2D eigenvalue weighted by Crippen LogP contribution is 2.40. The van der Waals surface area contributed by atoms with E-state index < -0.39 is 0 Å². The largest absolute Gasteiger partial charge is 0.393 e. The Balaban J connectivity index is 1.98. The molecule has 2 saturated heterocycles. The minimum absolute atomic E-state index is 0.139. The van der Waals surface area contributed by atoms with Crippen LogP contribution in [0.2, 0.25) is 0 Å². The highest BCUT2D eigenvalue weighted by molar-refractivity contribution is 5.60. The number of piperidine rings is 1. The van der Waals surface area contributed by atoms with Crippen LogP contribution in [-0.2, 0) is 0 Å². The molecule has 3 heterocycles. The maximum absolute atomic E-state index is 9.95. The molecule has 5 heteroatoms. The molecule has 0 amide bonds. The van der Waals surface area contributed by atoms with Gasteiger partial charge in [0.1, 0.15) is 17.5 Å². The van der Waals surface area contributed by atoms with Gasteiger partial charge in [-0.15, -0.1) is 0 Å². The number of anilines is 2. The van der Waals surface area contributed by atoms with Gasteiger partial charge >= 0.3 is 0 Å². The number of hydrogen-bond donors (Lipinski definition) is 2. The van der Waals surface area contributed by atoms with Crippen LogP contribution in [0.5, 0.6) is 0 Å². The van der Waals surface area contributed by atoms with E-state index in [1.54, 1.807) is 0 Å². The lowest BCUT2D eigenvalue weighted by Crippen LogP contribution is -2.45. The molecular weight excluding hydrogens is 252 g/mol. The first kappa shape index (κ1) is 13.6. The molecule has 2 aliphatic heterocycles. The normalized spacial score (nSPS) is 28.8. The lowest BCUT2D eigenvalue weighted by atomic mass is 9.99. The van der Waals surface area contributed by atoms with Crippen LogP contribution >= 0.6 is 0 Å². The number of hydrogen-bond acceptors (Lipinski definition) is 5. The smallest absolute Gasteiger partial charge is 0.137 e. The number of aromatic nitrogens is 2. The third-order valence-electron chi connectivity index (χ3n) is 4.53. The Bertz CT molecular complexity index is 491. The second-order valence-electron chi connectivity index (χ2n) is 6.02. The van der Waals surface area contributed by atoms with Gasteiger partial charge < -0.3 is 15.3 Å². The van der Waals surface area contributed by atoms with Gasteiger partial charge in [-0.1, -0.05) is 0 Å². The standard InChI is InChI=1S/C15H24N4O/c1-4-16-14-9(2)15(18-10(3)17-14)19-11-5-6-12(19)8-13(20)7-11/h11-13,20H,4-8H2,1-3H3,(H,16,17,18). The van der Waals surface area contributed by atoms with E-state index in [1.165, 1.54) is 12.8 Å². The summed E-state index contributed by atoms with van der Waals surface area (Å²) in [7, 11) is 0. The fourth-order valence-electron chi connectivity index (χ4n) is 3.70. The number of aliphatic hydroxyl groups is 1. The van der Waals surface area contributed by atoms with Gasteiger partial charge in [0.2, 0.25) is 0 Å². The monoisotopic (exact) mass is 276 g/mol. The summed E-state index contributed by atoms with van der Waals surface area (Å²) in [6.45, 7) is 6.99. The fraction of sp³-hybridized carbons (Fsp3) is 0.733. The molecule has 2 aliphatic rings. The van der Waals surface area contributed by atoms with Gasteiger partial charge in [-0.25, -0.2) is 9.97 Å². The first-order valence-electron chi connectivity index (χ1n) is 7.65. The molecule has 2 atom stereocenters. The Labute approximate surface area is 120 Å². The third-order valence-corrected chi connectivity index (χ3v) is 4.53. The zero-order chi connectivity index (χ0) is 14.3. The van der Waals surface area contributed by atoms with E-state index in [4.69, 9.17) is 4.98 Å². The maximum atomic E-state index is 9.95. The zero-order valence-electron chi connectivity index (χ0n) is 12.6. The van der Waals surface area contributed by atoms with Crippen molar-refractivity contribution < 1.29 is 5.11 Å². The van der Waals surface area contributed by atoms with Crippen LogP contribution in [0.3, 0.4) is 0 Å². The van der Waals surface area contributed by atoms with E-state index in [0.29, 0.717) is 12.1 Å². The lowest BCUT2D eigenvalue weighted by molar-refractivity contribution is 0.126. The minimum Gasteiger partial charge on any atom is -0.393 e. The van der Waals surface area contributed by atoms with E-state index in [2.05, 4.69) is 29.0 Å². The van der Waals surface area contributed by atoms with Gasteiger partial charge in [-0.2, -0.15) is 0 Å². The molecule has 2 N–H and O–H groups in total. The van der Waals surface area contributed by atoms with Gasteiger partial charge in [0.05, 0.1) is 6.10 Å². The predicted molar refractivity (Wildman–Crippen MR) is 80.2 cm³/mol. The average molecular weight is 276 g/mol. The summed E-state index contributed by atoms with van der Waals surface area (Å²) >= 11 is 0. The summed E-state index contributed by atoms with van der Waals surface area (Å²) in [6, 6.07) is 0.873. The second-order valence-corrected chi connectivity index (χ2v) is 6.02. The number of aryl methyl sites for hydroxylation is 1. The Kier molecular flexibility index (Phi) is 3.54. The summed E-state index contributed by atoms with van der Waals surface area (Å²) in [4.78, 5) is 11.6. The molecule has 2 bridgehead atoms. The van der Waals surface area contributed by atoms with Crippen molar-refractivity contribution in [1.29, 1.82) is 0 Å². The van der Waals surface area contributed by atoms with Crippen molar-refractivity contribution in [3.63, 3.8) is 0 Å². The number of nitrogens with one attached hydrogen (secondary N) is 1. The predicted octanol–water partition coefficient (Wildman–Crippen LogP) is 2.02. The van der Waals surface area contributed by atoms with Crippen LogP contribution in [-0.4, -0.2) is 39.8 Å². The van der Waals surface area contributed by atoms with Crippen molar-refractivity contribution in [2.45, 2.75) is 64.6 Å². The molecule has 0 spiro atoms. The van der Waals surface area contributed by atoms with Crippen LogP contribution in [0.1, 0.15) is 44.0 Å². The average Bonchev–Trinajstić information content (AvgIpc) is 2.66. The quantitative estimate of drug-likeness (QED) is 0.884. The summed E-state index contributed by atoms with van der Waals surface area (Å²) < 4.78 is 0. The summed E-state index contributed by atoms with van der Waals surface area (Å²) in [5, 5.41) is 13.3. The molecule has 20 heavy (non-hydrogen) atoms. The van der Waals surface area contributed by atoms with Crippen molar-refractivity contribution in [2.24, 2.45) is 0 Å². The van der Waals surface area contributed by atoms with E-state index >= 15 is 0 Å². The summed E-state index contributed by atoms with van der Waals surface area (Å²) in [6.07, 6.45) is 3.94. The molecule has 5 nitrogen and oxygen atoms in total. The number of aliphatic hydroxyl groups excluding tert-OH is 1. The first-order chi connectivity index (χ1) is 9.60. The fourth-order valence-corrected chi connectivity index (χ4v) is 3.70. The molecule has 0 radical (unpaired) electrons. The second kappa shape index (κ2) is 5.20. The van der Waals surface area contributed by atoms with E-state index in [0.717, 1.165) is 42.4 Å². The lowest BCUT2D eigenvalue weighted by Gasteiger charge is -2.39. The van der Waals surface area contributed by atoms with E-state index in [-0.39, 0.29) is 6.10 Å². The SMILES string of the molecule is CCNc1nc(C)nc(N2C3CCC2CC(O)C3)c1C. The van der Waals surface area contributed by atoms with Crippen LogP contribution in [0.25, 0.3) is 0 Å². The third kappa shape index (κ3) is 2.24. The van der Waals surface area contributed by atoms with E-state index in [9.17, 15) is 5.11 Å². The minimum atomic E-state index is -0.139. The molecule has 2 unspecified atom stereocenters. The molecule has 2 fully saturated rings. The molecular formula is C15H24N4O. The Morgan fingerprint density at radius 3 is 2.45 bits per heavy atom. The van der Waals surface area contributed by atoms with Gasteiger partial charge in [-0.3, -0.25) is 0 Å². The van der Waals surface area contributed by atoms with E-state index in [1.807, 2.05) is 6.92 Å². The van der Waals surface area contributed by atoms with Crippen LogP contribution in [0, 0.1) is 13.8 Å². The summed E-state index contributed by atoms with van der Waals surface area (Å²) in [5.41, 5.74) is 1.13. The first-order valence-corrected chi connectivity index (χ1v) is 7.65. The molecule has 1 aromatic heterocycles. The van der Waals surface area contributed by atoms with Crippen LogP contribution in [0.15, 0.2) is 0 Å². The van der Waals surface area contributed by atoms with Crippen molar-refractivity contribution in [2.75, 3.05) is 16.8 Å². The molecule has 3 rings (SSSR count). The molecule has 1 aromatic rings. The Morgan fingerprint density at radius 2 is 1.85 bits per heavy atom.